The van der Waals surface area contributed by atoms with E-state index in [0.29, 0.717) is 0 Å². The van der Waals surface area contributed by atoms with Crippen LogP contribution in [0.3, 0.4) is 0 Å². The van der Waals surface area contributed by atoms with Crippen molar-refractivity contribution in [2.45, 2.75) is 0 Å². The van der Waals surface area contributed by atoms with E-state index < -0.39 is 30.8 Å². The van der Waals surface area contributed by atoms with Crippen molar-refractivity contribution in [3.8, 4) is 0 Å². The van der Waals surface area contributed by atoms with Crippen LogP contribution in [0.4, 0.5) is 0 Å². The van der Waals surface area contributed by atoms with Gasteiger partial charge in [-0.05, 0) is 9.59 Å². The first-order valence-corrected chi connectivity index (χ1v) is 5.44. The maximum absolute atomic E-state index is 8.63. The fourth-order valence-corrected chi connectivity index (χ4v) is 0. The molecule has 4 N–H and O–H groups in total. The molecule has 0 saturated carbocycles. The van der Waals surface area contributed by atoms with Crippen molar-refractivity contribution >= 4 is 30.8 Å². The van der Waals surface area contributed by atoms with Crippen molar-refractivity contribution in [2.24, 2.45) is 0 Å². The third-order valence-electron chi connectivity index (χ3n) is 0. The molecule has 80 valence electrons. The van der Waals surface area contributed by atoms with E-state index in [4.69, 9.17) is 44.6 Å². The molecule has 0 heterocycles. The van der Waals surface area contributed by atoms with Crippen molar-refractivity contribution < 1.29 is 44.6 Å². The first-order chi connectivity index (χ1) is 5.41. The van der Waals surface area contributed by atoms with Crippen LogP contribution < -0.4 is 0 Å². The van der Waals surface area contributed by atoms with Crippen molar-refractivity contribution in [1.82, 2.24) is 0 Å². The lowest BCUT2D eigenvalue weighted by molar-refractivity contribution is 0.363. The third kappa shape index (κ3) is 76400. The molecule has 0 unspecified atom stereocenters. The van der Waals surface area contributed by atoms with E-state index in [1.54, 1.807) is 0 Å². The molecule has 0 aromatic rings. The zero-order valence-electron chi connectivity index (χ0n) is 5.55. The van der Waals surface area contributed by atoms with E-state index in [1.807, 2.05) is 0 Å². The Bertz CT molecular complexity index is 222. The van der Waals surface area contributed by atoms with Gasteiger partial charge in [0.05, 0.1) is 0 Å². The molecule has 13 heavy (non-hydrogen) atoms. The van der Waals surface area contributed by atoms with Crippen molar-refractivity contribution in [1.29, 1.82) is 0 Å². The summed E-state index contributed by atoms with van der Waals surface area (Å²) in [6, 6.07) is 0. The third-order valence-corrected chi connectivity index (χ3v) is 0. The predicted octanol–water partition coefficient (Wildman–Crippen LogP) is -3.49. The van der Waals surface area contributed by atoms with Gasteiger partial charge in [0.2, 0.25) is 20.8 Å². The zero-order chi connectivity index (χ0) is 11.7. The van der Waals surface area contributed by atoms with E-state index in [1.165, 1.54) is 0 Å². The second kappa shape index (κ2) is 8.47. The molecular weight excluding hydrogens is 252 g/mol. The molecule has 0 amide bonds. The molecule has 0 saturated heterocycles. The van der Waals surface area contributed by atoms with E-state index in [9.17, 15) is 0 Å². The van der Waals surface area contributed by atoms with Crippen molar-refractivity contribution in [2.75, 3.05) is 0 Å². The van der Waals surface area contributed by atoms with Gasteiger partial charge in [-0.3, -0.25) is 9.11 Å². The maximum Gasteiger partial charge on any atom is 1.46 e. The highest BCUT2D eigenvalue weighted by Gasteiger charge is 2.31. The molecule has 0 aliphatic heterocycles. The second-order valence-corrected chi connectivity index (χ2v) is 2.87. The molecule has 0 fully saturated rings. The summed E-state index contributed by atoms with van der Waals surface area (Å²) in [5, 5.41) is 0. The minimum atomic E-state index is -4.92. The van der Waals surface area contributed by atoms with Crippen LogP contribution in [-0.2, 0) is 20.8 Å². The molecule has 0 radical (unpaired) electrons. The average molecular weight is 256 g/mol. The van der Waals surface area contributed by atoms with Gasteiger partial charge in [0.15, 0.2) is 0 Å². The van der Waals surface area contributed by atoms with E-state index in [-0.39, 0.29) is 0 Å². The van der Waals surface area contributed by atoms with E-state index in [0.717, 1.165) is 0 Å². The van der Waals surface area contributed by atoms with Crippen molar-refractivity contribution in [3.05, 3.63) is 0 Å². The summed E-state index contributed by atoms with van der Waals surface area (Å²) in [6.45, 7) is 0. The molecular formula is H4O10S2Si. The van der Waals surface area contributed by atoms with Crippen LogP contribution >= 0.6 is 0 Å². The standard InChI is InChI=1S/2H2O4S.H2O2Si/c2*1-5(2,3)4;1-3-2/h2*(H2,1,2,3,4);1-2H/q;;+2/p-2. The largest absolute Gasteiger partial charge is 1.46 e. The topological polar surface area (TPSA) is 195 Å². The molecule has 10 nitrogen and oxygen atoms in total. The van der Waals surface area contributed by atoms with Crippen molar-refractivity contribution in [3.63, 3.8) is 0 Å². The summed E-state index contributed by atoms with van der Waals surface area (Å²) in [6.07, 6.45) is 0. The smallest absolute Gasteiger partial charge is 0.726 e. The van der Waals surface area contributed by atoms with E-state index in [2.05, 4.69) is 0 Å². The molecule has 0 bridgehead atoms. The Balaban J connectivity index is -0.000000120. The quantitative estimate of drug-likeness (QED) is 0.192. The van der Waals surface area contributed by atoms with Gasteiger partial charge in [-0.25, -0.2) is 16.8 Å². The lowest BCUT2D eigenvalue weighted by Gasteiger charge is -1.88. The summed E-state index contributed by atoms with van der Waals surface area (Å²) >= 11 is 0. The molecule has 0 aliphatic rings. The van der Waals surface area contributed by atoms with Gasteiger partial charge in [-0.2, -0.15) is 0 Å². The molecule has 0 spiro atoms. The van der Waals surface area contributed by atoms with Crippen LogP contribution in [0.5, 0.6) is 0 Å². The number of rotatable bonds is 0. The van der Waals surface area contributed by atoms with Crippen LogP contribution in [0, 0.1) is 0 Å². The summed E-state index contributed by atoms with van der Waals surface area (Å²) in [5.74, 6) is 0. The highest BCUT2D eigenvalue weighted by Crippen LogP contribution is 1.58. The van der Waals surface area contributed by atoms with Crippen LogP contribution in [0.1, 0.15) is 0 Å². The van der Waals surface area contributed by atoms with Gasteiger partial charge in [0.25, 0.3) is 0 Å². The Morgan fingerprint density at radius 1 is 0.846 bits per heavy atom. The summed E-state index contributed by atoms with van der Waals surface area (Å²) in [4.78, 5) is 14.3. The Morgan fingerprint density at radius 2 is 0.846 bits per heavy atom. The normalized spacial score (nSPS) is 9.69. The number of hydrogen-bond acceptors (Lipinski definition) is 8. The minimum Gasteiger partial charge on any atom is -0.726 e. The zero-order valence-corrected chi connectivity index (χ0v) is 8.19. The van der Waals surface area contributed by atoms with E-state index >= 15 is 0 Å². The minimum absolute atomic E-state index is 0.917. The number of hydrogen-bond donors (Lipinski definition) is 4. The molecule has 0 aromatic heterocycles. The molecule has 0 aromatic carbocycles. The van der Waals surface area contributed by atoms with Crippen LogP contribution in [0.2, 0.25) is 0 Å². The molecule has 0 atom stereocenters. The van der Waals surface area contributed by atoms with Gasteiger partial charge < -0.3 is 9.11 Å². The highest BCUT2D eigenvalue weighted by molar-refractivity contribution is 7.80. The first kappa shape index (κ1) is 18.6. The Kier molecular flexibility index (Phi) is 12.1. The fourth-order valence-electron chi connectivity index (χ4n) is 0. The van der Waals surface area contributed by atoms with Gasteiger partial charge in [-0.15, -0.1) is 0 Å². The van der Waals surface area contributed by atoms with Gasteiger partial charge in [-0.1, -0.05) is 0 Å². The van der Waals surface area contributed by atoms with Gasteiger partial charge in [0.1, 0.15) is 0 Å². The predicted molar refractivity (Wildman–Crippen MR) is 34.8 cm³/mol. The van der Waals surface area contributed by atoms with Crippen LogP contribution in [0.15, 0.2) is 0 Å². The summed E-state index contributed by atoms with van der Waals surface area (Å²) in [5.41, 5.74) is 0. The Hall–Kier alpha value is -0.123. The molecule has 13 heteroatoms. The molecule has 0 rings (SSSR count). The Morgan fingerprint density at radius 3 is 0.846 bits per heavy atom. The fraction of sp³-hybridized carbons (Fsp3) is 0. The maximum atomic E-state index is 8.63. The van der Waals surface area contributed by atoms with Crippen LogP contribution in [-0.4, -0.2) is 54.6 Å². The second-order valence-electron chi connectivity index (χ2n) is 0.955. The lowest BCUT2D eigenvalue weighted by atomic mass is 15.8. The van der Waals surface area contributed by atoms with Gasteiger partial charge in [0, 0.05) is 0 Å². The summed E-state index contributed by atoms with van der Waals surface area (Å²) < 4.78 is 65.7. The molecule has 0 aliphatic carbocycles. The van der Waals surface area contributed by atoms with Gasteiger partial charge >= 0.3 is 10.0 Å². The lowest BCUT2D eigenvalue weighted by Crippen LogP contribution is -1.90. The SMILES string of the molecule is O=S(=O)([O-])O.O=S(=O)([O-])O.O[Si+2]O. The first-order valence-electron chi connectivity index (χ1n) is 1.81. The highest BCUT2D eigenvalue weighted by atomic mass is 32.3. The monoisotopic (exact) mass is 256 g/mol. The average Bonchev–Trinajstić information content (AvgIpc) is 1.52. The van der Waals surface area contributed by atoms with Crippen LogP contribution in [0.25, 0.3) is 0 Å². The summed E-state index contributed by atoms with van der Waals surface area (Å²) in [7, 11) is -10.7. The Labute approximate surface area is 76.1 Å².